The molecule has 0 bridgehead atoms. The third-order valence-corrected chi connectivity index (χ3v) is 6.20. The number of imidazole rings is 1. The molecule has 2 saturated heterocycles. The molecule has 2 aromatic rings. The molecular formula is C21H25BrN4O5. The number of halogens is 1. The smallest absolute Gasteiger partial charge is 0.405 e. The molecule has 31 heavy (non-hydrogen) atoms. The molecule has 166 valence electrons. The summed E-state index contributed by atoms with van der Waals surface area (Å²) in [6.45, 7) is 4.74. The zero-order valence-corrected chi connectivity index (χ0v) is 18.9. The largest absolute Gasteiger partial charge is 0.465 e. The van der Waals surface area contributed by atoms with Crippen molar-refractivity contribution >= 4 is 27.9 Å². The van der Waals surface area contributed by atoms with E-state index in [1.165, 1.54) is 0 Å². The lowest BCUT2D eigenvalue weighted by Gasteiger charge is -2.29. The van der Waals surface area contributed by atoms with E-state index in [4.69, 9.17) is 9.47 Å². The molecule has 2 atom stereocenters. The molecular weight excluding hydrogens is 468 g/mol. The second-order valence-corrected chi connectivity index (χ2v) is 9.07. The molecule has 10 heteroatoms. The second-order valence-electron chi connectivity index (χ2n) is 8.15. The summed E-state index contributed by atoms with van der Waals surface area (Å²) in [4.78, 5) is 34.2. The van der Waals surface area contributed by atoms with Gasteiger partial charge in [-0.2, -0.15) is 0 Å². The van der Waals surface area contributed by atoms with Gasteiger partial charge in [0.1, 0.15) is 11.9 Å². The van der Waals surface area contributed by atoms with E-state index in [0.717, 1.165) is 15.7 Å². The molecule has 1 aromatic heterocycles. The Bertz CT molecular complexity index is 955. The molecule has 1 spiro atoms. The Hall–Kier alpha value is -2.43. The number of carbonyl (C=O) groups is 2. The van der Waals surface area contributed by atoms with Crippen LogP contribution in [0.15, 0.2) is 34.9 Å². The molecule has 2 amide bonds. The van der Waals surface area contributed by atoms with Crippen LogP contribution in [0, 0.1) is 5.92 Å². The maximum absolute atomic E-state index is 13.4. The molecule has 3 heterocycles. The number of likely N-dealkylation sites (tertiary alicyclic amines) is 1. The first-order valence-electron chi connectivity index (χ1n) is 10.2. The molecule has 0 saturated carbocycles. The lowest BCUT2D eigenvalue weighted by atomic mass is 10.0. The van der Waals surface area contributed by atoms with Crippen molar-refractivity contribution in [3.8, 4) is 11.3 Å². The number of nitrogens with one attached hydrogen (secondary N) is 2. The van der Waals surface area contributed by atoms with Crippen LogP contribution in [0.25, 0.3) is 11.3 Å². The van der Waals surface area contributed by atoms with Crippen molar-refractivity contribution < 1.29 is 24.2 Å². The van der Waals surface area contributed by atoms with Crippen LogP contribution in [0.3, 0.4) is 0 Å². The van der Waals surface area contributed by atoms with Gasteiger partial charge in [0.15, 0.2) is 5.79 Å². The number of H-pyrrole nitrogens is 1. The fourth-order valence-corrected chi connectivity index (χ4v) is 4.39. The summed E-state index contributed by atoms with van der Waals surface area (Å²) in [6.07, 6.45) is 0.920. The molecule has 2 fully saturated rings. The van der Waals surface area contributed by atoms with Gasteiger partial charge in [-0.3, -0.25) is 4.79 Å². The first kappa shape index (κ1) is 21.8. The monoisotopic (exact) mass is 492 g/mol. The van der Waals surface area contributed by atoms with Crippen LogP contribution < -0.4 is 5.32 Å². The van der Waals surface area contributed by atoms with Crippen LogP contribution in [0.2, 0.25) is 0 Å². The number of benzene rings is 1. The van der Waals surface area contributed by atoms with Crippen LogP contribution in [0.1, 0.15) is 32.1 Å². The van der Waals surface area contributed by atoms with Gasteiger partial charge < -0.3 is 29.8 Å². The molecule has 2 aliphatic heterocycles. The fourth-order valence-electron chi connectivity index (χ4n) is 4.13. The predicted octanol–water partition coefficient (Wildman–Crippen LogP) is 3.15. The Kier molecular flexibility index (Phi) is 6.05. The molecule has 2 aliphatic rings. The molecule has 1 aromatic carbocycles. The van der Waals surface area contributed by atoms with Gasteiger partial charge in [0.05, 0.1) is 37.7 Å². The van der Waals surface area contributed by atoms with Gasteiger partial charge in [-0.25, -0.2) is 9.78 Å². The van der Waals surface area contributed by atoms with E-state index >= 15 is 0 Å². The summed E-state index contributed by atoms with van der Waals surface area (Å²) in [5.41, 5.74) is 1.79. The summed E-state index contributed by atoms with van der Waals surface area (Å²) < 4.78 is 12.7. The molecule has 0 radical (unpaired) electrons. The lowest BCUT2D eigenvalue weighted by molar-refractivity contribution is -0.153. The summed E-state index contributed by atoms with van der Waals surface area (Å²) >= 11 is 3.43. The Morgan fingerprint density at radius 2 is 1.97 bits per heavy atom. The highest BCUT2D eigenvalue weighted by atomic mass is 79.9. The quantitative estimate of drug-likeness (QED) is 0.590. The molecule has 9 nitrogen and oxygen atoms in total. The van der Waals surface area contributed by atoms with Gasteiger partial charge in [-0.15, -0.1) is 0 Å². The lowest BCUT2D eigenvalue weighted by Crippen LogP contribution is -2.51. The van der Waals surface area contributed by atoms with E-state index in [0.29, 0.717) is 25.5 Å². The SMILES string of the molecule is CC(C)C(NC(=O)O)C(=O)N1CC2(CC1c1ncc(-c3ccc(Br)cc3)[nH]1)OCCO2. The van der Waals surface area contributed by atoms with Gasteiger partial charge in [0.25, 0.3) is 0 Å². The zero-order valence-electron chi connectivity index (χ0n) is 17.3. The topological polar surface area (TPSA) is 117 Å². The number of nitrogens with zero attached hydrogens (tertiary/aromatic N) is 2. The highest BCUT2D eigenvalue weighted by Gasteiger charge is 2.52. The maximum atomic E-state index is 13.4. The highest BCUT2D eigenvalue weighted by molar-refractivity contribution is 9.10. The Labute approximate surface area is 188 Å². The van der Waals surface area contributed by atoms with Crippen molar-refractivity contribution in [2.45, 2.75) is 38.1 Å². The number of rotatable bonds is 5. The maximum Gasteiger partial charge on any atom is 0.405 e. The van der Waals surface area contributed by atoms with E-state index in [-0.39, 0.29) is 18.4 Å². The summed E-state index contributed by atoms with van der Waals surface area (Å²) in [5, 5.41) is 11.6. The Morgan fingerprint density at radius 3 is 2.58 bits per heavy atom. The van der Waals surface area contributed by atoms with Crippen molar-refractivity contribution in [1.82, 2.24) is 20.2 Å². The number of ether oxygens (including phenoxy) is 2. The first-order valence-corrected chi connectivity index (χ1v) is 11.0. The zero-order chi connectivity index (χ0) is 22.2. The van der Waals surface area contributed by atoms with Crippen molar-refractivity contribution in [1.29, 1.82) is 0 Å². The standard InChI is InChI=1S/C21H25BrN4O5/c1-12(2)17(25-20(28)29)19(27)26-11-21(30-7-8-31-21)9-16(26)18-23-10-15(24-18)13-3-5-14(22)6-4-13/h3-6,10,12,16-17,25H,7-9,11H2,1-2H3,(H,23,24)(H,28,29). The number of aromatic nitrogens is 2. The third kappa shape index (κ3) is 4.46. The average molecular weight is 493 g/mol. The van der Waals surface area contributed by atoms with Crippen LogP contribution in [-0.4, -0.2) is 63.6 Å². The Morgan fingerprint density at radius 1 is 1.29 bits per heavy atom. The van der Waals surface area contributed by atoms with Gasteiger partial charge in [0.2, 0.25) is 5.91 Å². The van der Waals surface area contributed by atoms with Gasteiger partial charge in [-0.1, -0.05) is 41.9 Å². The fraction of sp³-hybridized carbons (Fsp3) is 0.476. The number of carbonyl (C=O) groups excluding carboxylic acids is 1. The van der Waals surface area contributed by atoms with Crippen molar-refractivity contribution in [3.63, 3.8) is 0 Å². The van der Waals surface area contributed by atoms with Crippen LogP contribution in [-0.2, 0) is 14.3 Å². The normalized spacial score (nSPS) is 21.0. The molecule has 4 rings (SSSR count). The van der Waals surface area contributed by atoms with Gasteiger partial charge in [0, 0.05) is 10.9 Å². The van der Waals surface area contributed by atoms with Crippen molar-refractivity contribution in [2.24, 2.45) is 5.92 Å². The number of hydrogen-bond donors (Lipinski definition) is 3. The van der Waals surface area contributed by atoms with E-state index in [9.17, 15) is 14.7 Å². The van der Waals surface area contributed by atoms with E-state index in [1.54, 1.807) is 24.9 Å². The molecule has 0 aliphatic carbocycles. The van der Waals surface area contributed by atoms with Crippen molar-refractivity contribution in [3.05, 3.63) is 40.8 Å². The summed E-state index contributed by atoms with van der Waals surface area (Å²) in [7, 11) is 0. The summed E-state index contributed by atoms with van der Waals surface area (Å²) in [6, 6.07) is 6.52. The third-order valence-electron chi connectivity index (χ3n) is 5.67. The molecule has 3 N–H and O–H groups in total. The number of carboxylic acid groups (broad SMARTS) is 1. The number of aromatic amines is 1. The number of amides is 2. The highest BCUT2D eigenvalue weighted by Crippen LogP contribution is 2.42. The van der Waals surface area contributed by atoms with E-state index in [1.807, 2.05) is 24.3 Å². The van der Waals surface area contributed by atoms with Crippen LogP contribution in [0.5, 0.6) is 0 Å². The minimum absolute atomic E-state index is 0.218. The first-order chi connectivity index (χ1) is 14.8. The van der Waals surface area contributed by atoms with Crippen LogP contribution >= 0.6 is 15.9 Å². The Balaban J connectivity index is 1.64. The predicted molar refractivity (Wildman–Crippen MR) is 115 cm³/mol. The van der Waals surface area contributed by atoms with Crippen LogP contribution in [0.4, 0.5) is 4.79 Å². The average Bonchev–Trinajstić information content (AvgIpc) is 3.46. The van der Waals surface area contributed by atoms with Crippen molar-refractivity contribution in [2.75, 3.05) is 19.8 Å². The van der Waals surface area contributed by atoms with E-state index < -0.39 is 24.0 Å². The van der Waals surface area contributed by atoms with Gasteiger partial charge >= 0.3 is 6.09 Å². The minimum atomic E-state index is -1.23. The number of hydrogen-bond acceptors (Lipinski definition) is 5. The van der Waals surface area contributed by atoms with E-state index in [2.05, 4.69) is 31.2 Å². The molecule has 2 unspecified atom stereocenters. The van der Waals surface area contributed by atoms with Gasteiger partial charge in [-0.05, 0) is 23.6 Å². The second kappa shape index (κ2) is 8.60. The summed E-state index contributed by atoms with van der Waals surface area (Å²) in [5.74, 6) is -0.823. The minimum Gasteiger partial charge on any atom is -0.465 e.